The van der Waals surface area contributed by atoms with Crippen molar-refractivity contribution in [3.05, 3.63) is 63.6 Å². The van der Waals surface area contributed by atoms with E-state index in [9.17, 15) is 14.4 Å². The number of aromatic nitrogens is 1. The number of hydrogen-bond donors (Lipinski definition) is 3. The van der Waals surface area contributed by atoms with Crippen LogP contribution in [-0.2, 0) is 0 Å². The van der Waals surface area contributed by atoms with Gasteiger partial charge in [-0.3, -0.25) is 9.59 Å². The fraction of sp³-hybridized carbons (Fsp3) is 0.0714. The van der Waals surface area contributed by atoms with Gasteiger partial charge in [0.25, 0.3) is 5.91 Å². The number of amides is 1. The third-order valence-electron chi connectivity index (χ3n) is 2.73. The Morgan fingerprint density at radius 3 is 2.55 bits per heavy atom. The fourth-order valence-corrected chi connectivity index (χ4v) is 1.76. The molecular formula is C14H12N2O4. The highest BCUT2D eigenvalue weighted by Crippen LogP contribution is 2.15. The van der Waals surface area contributed by atoms with Gasteiger partial charge in [-0.2, -0.15) is 0 Å². The molecule has 1 aromatic carbocycles. The van der Waals surface area contributed by atoms with Crippen molar-refractivity contribution in [2.45, 2.75) is 6.92 Å². The van der Waals surface area contributed by atoms with Crippen LogP contribution in [0, 0.1) is 6.92 Å². The van der Waals surface area contributed by atoms with Crippen molar-refractivity contribution in [3.63, 3.8) is 0 Å². The van der Waals surface area contributed by atoms with Crippen LogP contribution in [0.2, 0.25) is 0 Å². The summed E-state index contributed by atoms with van der Waals surface area (Å²) in [7, 11) is 0. The topological polar surface area (TPSA) is 99.3 Å². The van der Waals surface area contributed by atoms with Gasteiger partial charge >= 0.3 is 5.97 Å². The minimum atomic E-state index is -1.02. The van der Waals surface area contributed by atoms with Crippen LogP contribution in [0.25, 0.3) is 0 Å². The second-order valence-electron chi connectivity index (χ2n) is 4.22. The summed E-state index contributed by atoms with van der Waals surface area (Å²) in [6.45, 7) is 1.64. The number of aryl methyl sites for hydroxylation is 1. The summed E-state index contributed by atoms with van der Waals surface area (Å²) in [5, 5.41) is 11.5. The first kappa shape index (κ1) is 13.5. The monoisotopic (exact) mass is 272 g/mol. The third kappa shape index (κ3) is 2.92. The molecule has 6 nitrogen and oxygen atoms in total. The van der Waals surface area contributed by atoms with Gasteiger partial charge in [-0.05, 0) is 36.8 Å². The van der Waals surface area contributed by atoms with E-state index in [1.165, 1.54) is 30.3 Å². The molecule has 102 valence electrons. The average molecular weight is 272 g/mol. The van der Waals surface area contributed by atoms with Crippen LogP contribution >= 0.6 is 0 Å². The molecule has 2 aromatic rings. The first-order valence-electron chi connectivity index (χ1n) is 5.82. The van der Waals surface area contributed by atoms with Gasteiger partial charge in [0.1, 0.15) is 5.69 Å². The molecule has 0 aliphatic rings. The Hall–Kier alpha value is -2.89. The fourth-order valence-electron chi connectivity index (χ4n) is 1.76. The predicted octanol–water partition coefficient (Wildman–Crippen LogP) is 1.63. The van der Waals surface area contributed by atoms with E-state index in [1.807, 2.05) is 0 Å². The number of aromatic amines is 1. The van der Waals surface area contributed by atoms with Gasteiger partial charge in [0.05, 0.1) is 5.56 Å². The Balaban J connectivity index is 2.22. The van der Waals surface area contributed by atoms with Crippen molar-refractivity contribution in [1.29, 1.82) is 0 Å². The number of H-pyrrole nitrogens is 1. The number of carbonyl (C=O) groups excluding carboxylic acids is 1. The molecule has 0 aliphatic carbocycles. The molecule has 0 fully saturated rings. The lowest BCUT2D eigenvalue weighted by Gasteiger charge is -2.07. The Kier molecular flexibility index (Phi) is 3.65. The van der Waals surface area contributed by atoms with E-state index in [0.717, 1.165) is 0 Å². The summed E-state index contributed by atoms with van der Waals surface area (Å²) in [6, 6.07) is 8.74. The molecule has 6 heteroatoms. The van der Waals surface area contributed by atoms with Gasteiger partial charge in [-0.15, -0.1) is 0 Å². The zero-order valence-electron chi connectivity index (χ0n) is 10.6. The molecule has 0 spiro atoms. The lowest BCUT2D eigenvalue weighted by Crippen LogP contribution is -2.18. The largest absolute Gasteiger partial charge is 0.478 e. The molecule has 0 saturated heterocycles. The number of carbonyl (C=O) groups is 2. The Morgan fingerprint density at radius 1 is 1.20 bits per heavy atom. The lowest BCUT2D eigenvalue weighted by molar-refractivity contribution is 0.0696. The van der Waals surface area contributed by atoms with Crippen molar-refractivity contribution >= 4 is 17.6 Å². The summed E-state index contributed by atoms with van der Waals surface area (Å²) in [6.07, 6.45) is 0. The molecule has 0 bridgehead atoms. The minimum absolute atomic E-state index is 0.137. The van der Waals surface area contributed by atoms with Gasteiger partial charge < -0.3 is 15.4 Å². The van der Waals surface area contributed by atoms with E-state index in [4.69, 9.17) is 5.11 Å². The van der Waals surface area contributed by atoms with Crippen LogP contribution in [0.4, 0.5) is 5.69 Å². The van der Waals surface area contributed by atoms with Crippen LogP contribution in [0.15, 0.2) is 41.2 Å². The first-order valence-corrected chi connectivity index (χ1v) is 5.82. The van der Waals surface area contributed by atoms with Gasteiger partial charge in [-0.25, -0.2) is 4.79 Å². The Labute approximate surface area is 114 Å². The van der Waals surface area contributed by atoms with Crippen LogP contribution in [0.5, 0.6) is 0 Å². The molecule has 0 aliphatic heterocycles. The zero-order chi connectivity index (χ0) is 14.7. The van der Waals surface area contributed by atoms with Crippen LogP contribution in [-0.4, -0.2) is 22.0 Å². The van der Waals surface area contributed by atoms with E-state index >= 15 is 0 Å². The van der Waals surface area contributed by atoms with Crippen molar-refractivity contribution in [2.24, 2.45) is 0 Å². The summed E-state index contributed by atoms with van der Waals surface area (Å²) in [4.78, 5) is 36.3. The Bertz CT molecular complexity index is 734. The summed E-state index contributed by atoms with van der Waals surface area (Å²) >= 11 is 0. The van der Waals surface area contributed by atoms with Crippen LogP contribution in [0.3, 0.4) is 0 Å². The molecule has 0 atom stereocenters. The maximum absolute atomic E-state index is 11.9. The number of nitrogens with one attached hydrogen (secondary N) is 2. The highest BCUT2D eigenvalue weighted by molar-refractivity contribution is 6.03. The maximum Gasteiger partial charge on any atom is 0.335 e. The molecule has 3 N–H and O–H groups in total. The van der Waals surface area contributed by atoms with Crippen molar-refractivity contribution in [1.82, 2.24) is 4.98 Å². The van der Waals surface area contributed by atoms with E-state index in [1.54, 1.807) is 13.0 Å². The molecule has 1 heterocycles. The van der Waals surface area contributed by atoms with Gasteiger partial charge in [-0.1, -0.05) is 6.07 Å². The second-order valence-corrected chi connectivity index (χ2v) is 4.22. The maximum atomic E-state index is 11.9. The quantitative estimate of drug-likeness (QED) is 0.790. The zero-order valence-corrected chi connectivity index (χ0v) is 10.6. The molecule has 0 radical (unpaired) electrons. The van der Waals surface area contributed by atoms with Crippen molar-refractivity contribution < 1.29 is 14.7 Å². The number of benzene rings is 1. The molecule has 0 unspecified atom stereocenters. The SMILES string of the molecule is Cc1cc(NC(=O)c2cccc(=O)[nH]2)ccc1C(=O)O. The van der Waals surface area contributed by atoms with Crippen molar-refractivity contribution in [3.8, 4) is 0 Å². The van der Waals surface area contributed by atoms with E-state index in [2.05, 4.69) is 10.3 Å². The summed E-state index contributed by atoms with van der Waals surface area (Å²) in [5.41, 5.74) is 0.947. The number of anilines is 1. The molecule has 1 aromatic heterocycles. The molecule has 2 rings (SSSR count). The van der Waals surface area contributed by atoms with Crippen LogP contribution in [0.1, 0.15) is 26.4 Å². The molecule has 0 saturated carbocycles. The summed E-state index contributed by atoms with van der Waals surface area (Å²) < 4.78 is 0. The molecule has 1 amide bonds. The Morgan fingerprint density at radius 2 is 1.95 bits per heavy atom. The highest BCUT2D eigenvalue weighted by atomic mass is 16.4. The van der Waals surface area contributed by atoms with E-state index in [-0.39, 0.29) is 16.8 Å². The second kappa shape index (κ2) is 5.40. The van der Waals surface area contributed by atoms with E-state index < -0.39 is 11.9 Å². The van der Waals surface area contributed by atoms with Gasteiger partial charge in [0.2, 0.25) is 5.56 Å². The van der Waals surface area contributed by atoms with Gasteiger partial charge in [0, 0.05) is 11.8 Å². The van der Waals surface area contributed by atoms with E-state index in [0.29, 0.717) is 11.3 Å². The number of carboxylic acids is 1. The third-order valence-corrected chi connectivity index (χ3v) is 2.73. The number of hydrogen-bond acceptors (Lipinski definition) is 3. The number of rotatable bonds is 3. The number of pyridine rings is 1. The smallest absolute Gasteiger partial charge is 0.335 e. The minimum Gasteiger partial charge on any atom is -0.478 e. The number of aromatic carboxylic acids is 1. The normalized spacial score (nSPS) is 10.1. The average Bonchev–Trinajstić information content (AvgIpc) is 2.38. The predicted molar refractivity (Wildman–Crippen MR) is 73.2 cm³/mol. The standard InChI is InChI=1S/C14H12N2O4/c1-8-7-9(5-6-10(8)14(19)20)15-13(18)11-3-2-4-12(17)16-11/h2-7H,1H3,(H,15,18)(H,16,17)(H,19,20). The molecule has 20 heavy (non-hydrogen) atoms. The molecular weight excluding hydrogens is 260 g/mol. The first-order chi connectivity index (χ1) is 9.47. The van der Waals surface area contributed by atoms with Gasteiger partial charge in [0.15, 0.2) is 0 Å². The van der Waals surface area contributed by atoms with Crippen molar-refractivity contribution in [2.75, 3.05) is 5.32 Å². The summed E-state index contributed by atoms with van der Waals surface area (Å²) in [5.74, 6) is -1.49. The lowest BCUT2D eigenvalue weighted by atomic mass is 10.1. The van der Waals surface area contributed by atoms with Crippen LogP contribution < -0.4 is 10.9 Å². The number of carboxylic acid groups (broad SMARTS) is 1. The highest BCUT2D eigenvalue weighted by Gasteiger charge is 2.10.